The maximum atomic E-state index is 11.6. The number of hydrogen-bond acceptors (Lipinski definition) is 3. The summed E-state index contributed by atoms with van der Waals surface area (Å²) in [5.74, 6) is -0.405. The first-order valence-corrected chi connectivity index (χ1v) is 7.68. The average Bonchev–Trinajstić information content (AvgIpc) is 2.61. The van der Waals surface area contributed by atoms with E-state index >= 15 is 0 Å². The Balaban J connectivity index is 0. The summed E-state index contributed by atoms with van der Waals surface area (Å²) < 4.78 is 4.69. The molecular weight excluding hydrogens is 395 g/mol. The molecule has 0 spiro atoms. The van der Waals surface area contributed by atoms with Crippen molar-refractivity contribution >= 4 is 17.8 Å². The minimum atomic E-state index is -0.717. The molecule has 1 aromatic rings. The second kappa shape index (κ2) is 15.0. The van der Waals surface area contributed by atoms with Gasteiger partial charge in [-0.15, -0.1) is 5.92 Å². The molecule has 1 rings (SSSR count). The van der Waals surface area contributed by atoms with Crippen LogP contribution >= 0.6 is 0 Å². The molecule has 0 aliphatic rings. The van der Waals surface area contributed by atoms with Crippen LogP contribution in [0.1, 0.15) is 31.4 Å². The molecule has 0 fully saturated rings. The van der Waals surface area contributed by atoms with Gasteiger partial charge < -0.3 is 36.6 Å². The first kappa shape index (κ1) is 26.0. The van der Waals surface area contributed by atoms with Gasteiger partial charge in [-0.2, -0.15) is 18.3 Å². The predicted octanol–water partition coefficient (Wildman–Crippen LogP) is 2.68. The van der Waals surface area contributed by atoms with Gasteiger partial charge in [0.2, 0.25) is 0 Å². The standard InChI is InChI=1S/C16H21N3O3.C2H5.Y/c1-4-11(3)15(20)18-10-12-6-8-13(9-7-12)14(17)19-16(21)22-5-2;1-2;/h6-9,11H,1,3-5,10H2,2H3,(H,18,20)(H2,17,19,21);1H2,2H3;/q-2;-1;+3. The van der Waals surface area contributed by atoms with Crippen LogP contribution in [-0.2, 0) is 48.8 Å². The Morgan fingerprint density at radius 3 is 2.32 bits per heavy atom. The summed E-state index contributed by atoms with van der Waals surface area (Å²) in [5.41, 5.74) is 7.23. The summed E-state index contributed by atoms with van der Waals surface area (Å²) in [6.45, 7) is 14.7. The number of carbonyl (C=O) groups excluding carboxylic acids is 2. The summed E-state index contributed by atoms with van der Waals surface area (Å²) >= 11 is 0. The fourth-order valence-corrected chi connectivity index (χ4v) is 1.58. The smallest absolute Gasteiger partial charge is 0.448 e. The molecule has 0 aliphatic heterocycles. The van der Waals surface area contributed by atoms with Crippen molar-refractivity contribution in [3.63, 3.8) is 0 Å². The van der Waals surface area contributed by atoms with Gasteiger partial charge in [0.25, 0.3) is 0 Å². The summed E-state index contributed by atoms with van der Waals surface area (Å²) in [7, 11) is 0. The zero-order valence-electron chi connectivity index (χ0n) is 15.0. The fraction of sp³-hybridized carbons (Fsp3) is 0.333. The molecule has 0 saturated carbocycles. The van der Waals surface area contributed by atoms with Gasteiger partial charge in [0.15, 0.2) is 5.91 Å². The van der Waals surface area contributed by atoms with E-state index in [1.165, 1.54) is 0 Å². The second-order valence-electron chi connectivity index (χ2n) is 4.60. The van der Waals surface area contributed by atoms with E-state index in [1.54, 1.807) is 38.1 Å². The number of ether oxygens (including phenoxy) is 1. The number of nitrogens with one attached hydrogen (secondary N) is 1. The van der Waals surface area contributed by atoms with E-state index in [0.717, 1.165) is 5.56 Å². The molecule has 1 unspecified atom stereocenters. The topological polar surface area (TPSA) is 93.8 Å². The Morgan fingerprint density at radius 1 is 1.28 bits per heavy atom. The molecule has 0 heterocycles. The van der Waals surface area contributed by atoms with Crippen molar-refractivity contribution in [1.29, 1.82) is 0 Å². The van der Waals surface area contributed by atoms with E-state index in [-0.39, 0.29) is 57.0 Å². The van der Waals surface area contributed by atoms with Crippen molar-refractivity contribution < 1.29 is 47.0 Å². The SMILES string of the molecule is [CH2-]C.[CH2-]CC([CH2-])C(=O)NCc1ccc(/C(N)=N/C(=O)OCC)cc1.[Y+3]. The molecule has 7 heteroatoms. The molecule has 1 atom stereocenters. The van der Waals surface area contributed by atoms with Gasteiger partial charge in [0.1, 0.15) is 5.84 Å². The van der Waals surface area contributed by atoms with E-state index in [0.29, 0.717) is 18.5 Å². The zero-order chi connectivity index (χ0) is 18.5. The zero-order valence-corrected chi connectivity index (χ0v) is 17.8. The van der Waals surface area contributed by atoms with Gasteiger partial charge in [-0.05, 0) is 12.5 Å². The molecule has 1 aromatic carbocycles. The third-order valence-electron chi connectivity index (χ3n) is 2.92. The third kappa shape index (κ3) is 10.3. The Hall–Kier alpha value is -1.27. The predicted molar refractivity (Wildman–Crippen MR) is 95.9 cm³/mol. The third-order valence-corrected chi connectivity index (χ3v) is 2.92. The van der Waals surface area contributed by atoms with Crippen LogP contribution < -0.4 is 11.1 Å². The Morgan fingerprint density at radius 2 is 1.84 bits per heavy atom. The molecule has 0 aromatic heterocycles. The fourth-order valence-electron chi connectivity index (χ4n) is 1.58. The normalized spacial score (nSPS) is 11.3. The van der Waals surface area contributed by atoms with Crippen LogP contribution in [0.5, 0.6) is 0 Å². The number of nitrogens with two attached hydrogens (primary N) is 1. The molecule has 0 aliphatic carbocycles. The van der Waals surface area contributed by atoms with Crippen LogP contribution in [-0.4, -0.2) is 24.4 Å². The van der Waals surface area contributed by atoms with Crippen LogP contribution in [0.3, 0.4) is 0 Å². The van der Waals surface area contributed by atoms with Crippen molar-refractivity contribution in [3.05, 3.63) is 56.2 Å². The summed E-state index contributed by atoms with van der Waals surface area (Å²) in [5, 5.41) is 2.77. The first-order chi connectivity index (χ1) is 11.5. The largest absolute Gasteiger partial charge is 3.00 e. The summed E-state index contributed by atoms with van der Waals surface area (Å²) in [6, 6.07) is 7.04. The summed E-state index contributed by atoms with van der Waals surface area (Å²) in [4.78, 5) is 26.4. The van der Waals surface area contributed by atoms with E-state index in [9.17, 15) is 9.59 Å². The van der Waals surface area contributed by atoms with Gasteiger partial charge in [-0.1, -0.05) is 24.3 Å². The van der Waals surface area contributed by atoms with Gasteiger partial charge in [-0.25, -0.2) is 4.79 Å². The molecule has 0 radical (unpaired) electrons. The van der Waals surface area contributed by atoms with Crippen LogP contribution in [0.2, 0.25) is 0 Å². The second-order valence-corrected chi connectivity index (χ2v) is 4.60. The van der Waals surface area contributed by atoms with E-state index in [2.05, 4.69) is 31.1 Å². The molecule has 3 N–H and O–H groups in total. The van der Waals surface area contributed by atoms with Crippen LogP contribution in [0.25, 0.3) is 0 Å². The average molecular weight is 421 g/mol. The van der Waals surface area contributed by atoms with E-state index < -0.39 is 6.09 Å². The molecule has 0 bridgehead atoms. The maximum Gasteiger partial charge on any atom is 3.00 e. The minimum Gasteiger partial charge on any atom is -0.448 e. The van der Waals surface area contributed by atoms with Gasteiger partial charge in [0, 0.05) is 12.1 Å². The number of aliphatic imine (C=N–C) groups is 1. The van der Waals surface area contributed by atoms with Crippen LogP contribution in [0, 0.1) is 26.7 Å². The Bertz CT molecular complexity index is 545. The number of amides is 2. The number of nitrogens with zero attached hydrogens (tertiary/aromatic N) is 1. The van der Waals surface area contributed by atoms with Crippen molar-refractivity contribution in [3.8, 4) is 0 Å². The van der Waals surface area contributed by atoms with E-state index in [4.69, 9.17) is 10.5 Å². The van der Waals surface area contributed by atoms with Gasteiger partial charge in [0.05, 0.1) is 6.61 Å². The van der Waals surface area contributed by atoms with Crippen molar-refractivity contribution in [1.82, 2.24) is 5.32 Å². The molecule has 6 nitrogen and oxygen atoms in total. The first-order valence-electron chi connectivity index (χ1n) is 7.68. The van der Waals surface area contributed by atoms with Crippen molar-refractivity contribution in [2.75, 3.05) is 6.61 Å². The van der Waals surface area contributed by atoms with Crippen molar-refractivity contribution in [2.24, 2.45) is 16.6 Å². The van der Waals surface area contributed by atoms with Crippen molar-refractivity contribution in [2.45, 2.75) is 26.8 Å². The molecule has 134 valence electrons. The number of benzene rings is 1. The number of rotatable bonds is 6. The number of amidine groups is 1. The monoisotopic (exact) mass is 421 g/mol. The Labute approximate surface area is 175 Å². The maximum absolute atomic E-state index is 11.6. The van der Waals surface area contributed by atoms with Crippen LogP contribution in [0.15, 0.2) is 29.3 Å². The number of hydrogen-bond donors (Lipinski definition) is 2. The van der Waals surface area contributed by atoms with E-state index in [1.807, 2.05) is 0 Å². The molecule has 0 saturated heterocycles. The Kier molecular flexibility index (Phi) is 15.6. The van der Waals surface area contributed by atoms with Gasteiger partial charge >= 0.3 is 38.8 Å². The molecular formula is C18H26N3O3Y. The quantitative estimate of drug-likeness (QED) is 0.420. The minimum absolute atomic E-state index is 0. The number of carbonyl (C=O) groups is 2. The molecule has 25 heavy (non-hydrogen) atoms. The van der Waals surface area contributed by atoms with Gasteiger partial charge in [-0.3, -0.25) is 4.79 Å². The van der Waals surface area contributed by atoms with Crippen LogP contribution in [0.4, 0.5) is 4.79 Å². The summed E-state index contributed by atoms with van der Waals surface area (Å²) in [6.07, 6.45) is -0.267. The molecule has 2 amide bonds.